The Morgan fingerprint density at radius 2 is 1.30 bits per heavy atom. The molecule has 0 unspecified atom stereocenters. The van der Waals surface area contributed by atoms with Crippen molar-refractivity contribution in [2.45, 2.75) is 26.7 Å². The number of hydrazine groups is 1. The van der Waals surface area contributed by atoms with Gasteiger partial charge in [0.05, 0.1) is 18.8 Å². The second-order valence-electron chi connectivity index (χ2n) is 6.32. The predicted molar refractivity (Wildman–Crippen MR) is 110 cm³/mol. The highest BCUT2D eigenvalue weighted by Crippen LogP contribution is 2.13. The predicted octanol–water partition coefficient (Wildman–Crippen LogP) is 2.88. The number of carbonyl (C=O) groups is 3. The van der Waals surface area contributed by atoms with Crippen LogP contribution in [0.5, 0.6) is 11.5 Å². The molecule has 0 fully saturated rings. The molecule has 0 atom stereocenters. The maximum Gasteiger partial charge on any atom is 0.338 e. The standard InChI is InChI=1S/C22H26N2O6/c1-3-13-28-18-9-5-16(6-10-18)21(26)24-23-20(25)15-30-19-11-7-17(8-12-19)22(27)29-14-4-2/h5-12H,3-4,13-15H2,1-2H3,(H,23,25)(H,24,26). The molecule has 2 N–H and O–H groups in total. The summed E-state index contributed by atoms with van der Waals surface area (Å²) in [6.07, 6.45) is 1.64. The number of ether oxygens (including phenoxy) is 3. The molecule has 8 heteroatoms. The summed E-state index contributed by atoms with van der Waals surface area (Å²) in [5, 5.41) is 0. The van der Waals surface area contributed by atoms with Crippen LogP contribution in [0.4, 0.5) is 0 Å². The Kier molecular flexibility index (Phi) is 9.18. The van der Waals surface area contributed by atoms with E-state index in [-0.39, 0.29) is 6.61 Å². The van der Waals surface area contributed by atoms with E-state index >= 15 is 0 Å². The van der Waals surface area contributed by atoms with Crippen LogP contribution in [0, 0.1) is 0 Å². The first kappa shape index (κ1) is 22.7. The molecule has 0 saturated carbocycles. The number of hydrogen-bond donors (Lipinski definition) is 2. The Morgan fingerprint density at radius 1 is 0.733 bits per heavy atom. The maximum absolute atomic E-state index is 12.1. The highest BCUT2D eigenvalue weighted by molar-refractivity contribution is 5.95. The Balaban J connectivity index is 1.74. The lowest BCUT2D eigenvalue weighted by Gasteiger charge is -2.10. The minimum Gasteiger partial charge on any atom is -0.494 e. The summed E-state index contributed by atoms with van der Waals surface area (Å²) in [6, 6.07) is 12.8. The van der Waals surface area contributed by atoms with Crippen LogP contribution in [-0.4, -0.2) is 37.6 Å². The van der Waals surface area contributed by atoms with E-state index in [1.54, 1.807) is 48.5 Å². The van der Waals surface area contributed by atoms with Gasteiger partial charge in [-0.2, -0.15) is 0 Å². The first-order chi connectivity index (χ1) is 14.5. The number of benzene rings is 2. The zero-order valence-corrected chi connectivity index (χ0v) is 17.1. The van der Waals surface area contributed by atoms with Crippen molar-refractivity contribution >= 4 is 17.8 Å². The smallest absolute Gasteiger partial charge is 0.338 e. The molecule has 0 aromatic heterocycles. The van der Waals surface area contributed by atoms with Gasteiger partial charge in [0, 0.05) is 5.56 Å². The second kappa shape index (κ2) is 12.1. The lowest BCUT2D eigenvalue weighted by Crippen LogP contribution is -2.43. The van der Waals surface area contributed by atoms with Crippen molar-refractivity contribution in [3.8, 4) is 11.5 Å². The Bertz CT molecular complexity index is 834. The fourth-order valence-corrected chi connectivity index (χ4v) is 2.27. The average molecular weight is 414 g/mol. The number of esters is 1. The van der Waals surface area contributed by atoms with Crippen molar-refractivity contribution in [3.05, 3.63) is 59.7 Å². The molecule has 0 aliphatic heterocycles. The SMILES string of the molecule is CCCOC(=O)c1ccc(OCC(=O)NNC(=O)c2ccc(OCCC)cc2)cc1. The van der Waals surface area contributed by atoms with Crippen LogP contribution in [0.15, 0.2) is 48.5 Å². The van der Waals surface area contributed by atoms with Gasteiger partial charge in [-0.05, 0) is 61.4 Å². The number of amides is 2. The zero-order chi connectivity index (χ0) is 21.8. The van der Waals surface area contributed by atoms with Gasteiger partial charge in [-0.25, -0.2) is 4.79 Å². The molecule has 0 heterocycles. The fourth-order valence-electron chi connectivity index (χ4n) is 2.27. The molecule has 2 amide bonds. The molecule has 2 rings (SSSR count). The van der Waals surface area contributed by atoms with E-state index in [1.807, 2.05) is 13.8 Å². The lowest BCUT2D eigenvalue weighted by molar-refractivity contribution is -0.123. The molecule has 0 aliphatic carbocycles. The monoisotopic (exact) mass is 414 g/mol. The van der Waals surface area contributed by atoms with E-state index in [0.717, 1.165) is 12.8 Å². The summed E-state index contributed by atoms with van der Waals surface area (Å²) in [5.41, 5.74) is 5.39. The van der Waals surface area contributed by atoms with Crippen molar-refractivity contribution in [2.24, 2.45) is 0 Å². The Hall–Kier alpha value is -3.55. The molecule has 8 nitrogen and oxygen atoms in total. The largest absolute Gasteiger partial charge is 0.494 e. The zero-order valence-electron chi connectivity index (χ0n) is 17.1. The summed E-state index contributed by atoms with van der Waals surface area (Å²) in [4.78, 5) is 35.7. The third kappa shape index (κ3) is 7.46. The average Bonchev–Trinajstić information content (AvgIpc) is 2.78. The molecule has 2 aromatic rings. The molecule has 30 heavy (non-hydrogen) atoms. The summed E-state index contributed by atoms with van der Waals surface area (Å²) in [7, 11) is 0. The third-order valence-electron chi connectivity index (χ3n) is 3.80. The van der Waals surface area contributed by atoms with Crippen LogP contribution in [0.25, 0.3) is 0 Å². The van der Waals surface area contributed by atoms with Crippen molar-refractivity contribution < 1.29 is 28.6 Å². The van der Waals surface area contributed by atoms with E-state index in [0.29, 0.717) is 35.8 Å². The van der Waals surface area contributed by atoms with Gasteiger partial charge in [-0.3, -0.25) is 20.4 Å². The molecule has 0 aliphatic rings. The van der Waals surface area contributed by atoms with Crippen molar-refractivity contribution in [3.63, 3.8) is 0 Å². The van der Waals surface area contributed by atoms with E-state index < -0.39 is 17.8 Å². The minimum absolute atomic E-state index is 0.302. The van der Waals surface area contributed by atoms with E-state index in [9.17, 15) is 14.4 Å². The molecule has 0 spiro atoms. The van der Waals surface area contributed by atoms with Crippen LogP contribution in [0.3, 0.4) is 0 Å². The molecule has 2 aromatic carbocycles. The Morgan fingerprint density at radius 3 is 1.90 bits per heavy atom. The highest BCUT2D eigenvalue weighted by Gasteiger charge is 2.10. The van der Waals surface area contributed by atoms with Crippen LogP contribution < -0.4 is 20.3 Å². The highest BCUT2D eigenvalue weighted by atomic mass is 16.5. The van der Waals surface area contributed by atoms with Gasteiger partial charge in [0.2, 0.25) is 0 Å². The molecular weight excluding hydrogens is 388 g/mol. The number of carbonyl (C=O) groups excluding carboxylic acids is 3. The van der Waals surface area contributed by atoms with Gasteiger partial charge in [-0.15, -0.1) is 0 Å². The van der Waals surface area contributed by atoms with Gasteiger partial charge >= 0.3 is 5.97 Å². The first-order valence-electron chi connectivity index (χ1n) is 9.75. The van der Waals surface area contributed by atoms with Gasteiger partial charge in [-0.1, -0.05) is 13.8 Å². The van der Waals surface area contributed by atoms with Crippen LogP contribution in [-0.2, 0) is 9.53 Å². The van der Waals surface area contributed by atoms with E-state index in [4.69, 9.17) is 14.2 Å². The Labute approximate surface area is 175 Å². The summed E-state index contributed by atoms with van der Waals surface area (Å²) >= 11 is 0. The van der Waals surface area contributed by atoms with Crippen LogP contribution in [0.2, 0.25) is 0 Å². The lowest BCUT2D eigenvalue weighted by atomic mass is 10.2. The molecule has 0 radical (unpaired) electrons. The van der Waals surface area contributed by atoms with E-state index in [2.05, 4.69) is 10.9 Å². The van der Waals surface area contributed by atoms with Gasteiger partial charge in [0.1, 0.15) is 11.5 Å². The van der Waals surface area contributed by atoms with E-state index in [1.165, 1.54) is 0 Å². The number of nitrogens with one attached hydrogen (secondary N) is 2. The van der Waals surface area contributed by atoms with Crippen molar-refractivity contribution in [1.29, 1.82) is 0 Å². The van der Waals surface area contributed by atoms with Crippen LogP contribution in [0.1, 0.15) is 47.4 Å². The summed E-state index contributed by atoms with van der Waals surface area (Å²) in [6.45, 7) is 4.58. The van der Waals surface area contributed by atoms with Gasteiger partial charge < -0.3 is 14.2 Å². The van der Waals surface area contributed by atoms with Gasteiger partial charge in [0.15, 0.2) is 6.61 Å². The van der Waals surface area contributed by atoms with Crippen molar-refractivity contribution in [1.82, 2.24) is 10.9 Å². The normalized spacial score (nSPS) is 10.1. The van der Waals surface area contributed by atoms with Crippen molar-refractivity contribution in [2.75, 3.05) is 19.8 Å². The van der Waals surface area contributed by atoms with Crippen LogP contribution >= 0.6 is 0 Å². The number of hydrogen-bond acceptors (Lipinski definition) is 6. The summed E-state index contributed by atoms with van der Waals surface area (Å²) < 4.78 is 15.8. The second-order valence-corrected chi connectivity index (χ2v) is 6.32. The molecular formula is C22H26N2O6. The summed E-state index contributed by atoms with van der Waals surface area (Å²) in [5.74, 6) is -0.312. The minimum atomic E-state index is -0.530. The fraction of sp³-hybridized carbons (Fsp3) is 0.318. The molecule has 0 bridgehead atoms. The maximum atomic E-state index is 12.1. The number of rotatable bonds is 10. The topological polar surface area (TPSA) is 103 Å². The molecule has 0 saturated heterocycles. The quantitative estimate of drug-likeness (QED) is 0.458. The van der Waals surface area contributed by atoms with Gasteiger partial charge in [0.25, 0.3) is 11.8 Å². The first-order valence-corrected chi connectivity index (χ1v) is 9.75. The third-order valence-corrected chi connectivity index (χ3v) is 3.80. The molecule has 160 valence electrons.